The van der Waals surface area contributed by atoms with E-state index >= 15 is 0 Å². The van der Waals surface area contributed by atoms with Gasteiger partial charge in [0.25, 0.3) is 0 Å². The van der Waals surface area contributed by atoms with Gasteiger partial charge in [0, 0.05) is 23.6 Å². The highest BCUT2D eigenvalue weighted by atomic mass is 19.1. The minimum atomic E-state index is -0.211. The normalized spacial score (nSPS) is 25.5. The first kappa shape index (κ1) is 20.9. The van der Waals surface area contributed by atoms with Crippen molar-refractivity contribution in [1.29, 1.82) is 0 Å². The Morgan fingerprint density at radius 1 is 1.09 bits per heavy atom. The number of halogens is 1. The number of anilines is 1. The van der Waals surface area contributed by atoms with Crippen LogP contribution in [0, 0.1) is 29.5 Å². The van der Waals surface area contributed by atoms with E-state index in [0.717, 1.165) is 36.6 Å². The minimum Gasteiger partial charge on any atom is -0.481 e. The molecule has 5 rings (SSSR count). The van der Waals surface area contributed by atoms with E-state index < -0.39 is 0 Å². The monoisotopic (exact) mass is 433 g/mol. The fourth-order valence-electron chi connectivity index (χ4n) is 5.87. The van der Waals surface area contributed by atoms with Crippen LogP contribution in [-0.4, -0.2) is 23.0 Å². The van der Waals surface area contributed by atoms with Crippen LogP contribution in [0.4, 0.5) is 10.1 Å². The van der Waals surface area contributed by atoms with E-state index in [0.29, 0.717) is 35.2 Å². The van der Waals surface area contributed by atoms with Gasteiger partial charge in [0.1, 0.15) is 5.82 Å². The number of hydrogen-bond donors (Lipinski definition) is 1. The number of benzene rings is 1. The summed E-state index contributed by atoms with van der Waals surface area (Å²) in [4.78, 5) is 21.4. The lowest BCUT2D eigenvalue weighted by molar-refractivity contribution is -0.120. The predicted octanol–water partition coefficient (Wildman–Crippen LogP) is 5.57. The third-order valence-corrected chi connectivity index (χ3v) is 7.56. The third kappa shape index (κ3) is 3.94. The molecule has 2 aliphatic carbocycles. The topological polar surface area (TPSA) is 64.1 Å². The van der Waals surface area contributed by atoms with Crippen molar-refractivity contribution in [2.24, 2.45) is 23.7 Å². The van der Waals surface area contributed by atoms with Gasteiger partial charge < -0.3 is 10.1 Å². The maximum absolute atomic E-state index is 13.9. The molecule has 1 N–H and O–H groups in total. The number of carbonyl (C=O) groups is 1. The quantitative estimate of drug-likeness (QED) is 0.571. The molecule has 2 aliphatic rings. The number of aromatic nitrogens is 2. The second-order valence-corrected chi connectivity index (χ2v) is 9.35. The summed E-state index contributed by atoms with van der Waals surface area (Å²) in [5.74, 6) is 2.40. The molecule has 2 heterocycles. The number of amides is 1. The maximum Gasteiger partial charge on any atom is 0.227 e. The SMILES string of the molecule is COc1ccc(NC(=O)[C@H](C)[C@@H]2C[C@H]3C[C@@H](c4ccnc5ccc(F)cc45)C[C@H]3C2)cn1. The lowest BCUT2D eigenvalue weighted by Gasteiger charge is -2.21. The molecule has 0 spiro atoms. The van der Waals surface area contributed by atoms with Crippen LogP contribution in [0.1, 0.15) is 44.1 Å². The maximum atomic E-state index is 13.9. The van der Waals surface area contributed by atoms with Gasteiger partial charge in [0.2, 0.25) is 11.8 Å². The molecular formula is C26H28FN3O2. The number of nitrogens with one attached hydrogen (secondary N) is 1. The van der Waals surface area contributed by atoms with Crippen LogP contribution in [0.3, 0.4) is 0 Å². The number of fused-ring (bicyclic) bond motifs is 2. The Morgan fingerprint density at radius 2 is 1.88 bits per heavy atom. The van der Waals surface area contributed by atoms with Crippen LogP contribution in [0.2, 0.25) is 0 Å². The Balaban J connectivity index is 1.23. The van der Waals surface area contributed by atoms with Gasteiger partial charge in [-0.05, 0) is 85.3 Å². The highest BCUT2D eigenvalue weighted by Crippen LogP contribution is 2.54. The largest absolute Gasteiger partial charge is 0.481 e. The highest BCUT2D eigenvalue weighted by molar-refractivity contribution is 5.92. The standard InChI is InChI=1S/C26H28FN3O2/c1-15(26(31)30-21-4-6-25(32-2)29-14-21)16-9-17-11-19(12-18(17)10-16)22-7-8-28-24-5-3-20(27)13-23(22)24/h3-8,13-19H,9-12H2,1-2H3,(H,30,31)/t15-,16-,17+,18-,19-/m1/s1. The van der Waals surface area contributed by atoms with Crippen LogP contribution in [0.25, 0.3) is 10.9 Å². The van der Waals surface area contributed by atoms with Crippen LogP contribution < -0.4 is 10.1 Å². The molecule has 1 aromatic carbocycles. The molecule has 0 radical (unpaired) electrons. The summed E-state index contributed by atoms with van der Waals surface area (Å²) in [7, 11) is 1.57. The zero-order valence-corrected chi connectivity index (χ0v) is 18.4. The molecule has 1 amide bonds. The van der Waals surface area contributed by atoms with Crippen molar-refractivity contribution in [2.45, 2.75) is 38.5 Å². The molecule has 0 aliphatic heterocycles. The molecular weight excluding hydrogens is 405 g/mol. The lowest BCUT2D eigenvalue weighted by Crippen LogP contribution is -2.26. The van der Waals surface area contributed by atoms with Crippen molar-refractivity contribution >= 4 is 22.5 Å². The van der Waals surface area contributed by atoms with E-state index in [4.69, 9.17) is 4.74 Å². The first-order valence-corrected chi connectivity index (χ1v) is 11.4. The van der Waals surface area contributed by atoms with E-state index in [1.54, 1.807) is 31.5 Å². The Morgan fingerprint density at radius 3 is 2.56 bits per heavy atom. The highest BCUT2D eigenvalue weighted by Gasteiger charge is 2.44. The van der Waals surface area contributed by atoms with Gasteiger partial charge in [0.05, 0.1) is 24.5 Å². The number of nitrogens with zero attached hydrogens (tertiary/aromatic N) is 2. The molecule has 5 nitrogen and oxygen atoms in total. The molecule has 166 valence electrons. The Kier molecular flexibility index (Phi) is 5.53. The van der Waals surface area contributed by atoms with Crippen molar-refractivity contribution in [3.05, 3.63) is 60.2 Å². The van der Waals surface area contributed by atoms with Gasteiger partial charge in [-0.1, -0.05) is 6.92 Å². The molecule has 3 aromatic rings. The average molecular weight is 434 g/mol. The molecule has 2 fully saturated rings. The summed E-state index contributed by atoms with van der Waals surface area (Å²) in [5.41, 5.74) is 2.77. The van der Waals surface area contributed by atoms with Gasteiger partial charge in [-0.3, -0.25) is 9.78 Å². The number of ether oxygens (including phenoxy) is 1. The van der Waals surface area contributed by atoms with Gasteiger partial charge in [-0.2, -0.15) is 0 Å². The fraction of sp³-hybridized carbons (Fsp3) is 0.423. The van der Waals surface area contributed by atoms with Gasteiger partial charge in [0.15, 0.2) is 0 Å². The molecule has 0 saturated heterocycles. The van der Waals surface area contributed by atoms with Crippen LogP contribution >= 0.6 is 0 Å². The van der Waals surface area contributed by atoms with E-state index in [-0.39, 0.29) is 17.6 Å². The first-order chi connectivity index (χ1) is 15.5. The fourth-order valence-corrected chi connectivity index (χ4v) is 5.87. The summed E-state index contributed by atoms with van der Waals surface area (Å²) in [6.07, 6.45) is 7.83. The summed E-state index contributed by atoms with van der Waals surface area (Å²) in [6.45, 7) is 2.04. The van der Waals surface area contributed by atoms with E-state index in [2.05, 4.69) is 21.4 Å². The third-order valence-electron chi connectivity index (χ3n) is 7.56. The van der Waals surface area contributed by atoms with Crippen LogP contribution in [0.15, 0.2) is 48.8 Å². The van der Waals surface area contributed by atoms with Crippen LogP contribution in [-0.2, 0) is 4.79 Å². The zero-order chi connectivity index (χ0) is 22.2. The summed E-state index contributed by atoms with van der Waals surface area (Å²) in [5, 5.41) is 3.94. The molecule has 32 heavy (non-hydrogen) atoms. The molecule has 2 saturated carbocycles. The van der Waals surface area contributed by atoms with Gasteiger partial charge >= 0.3 is 0 Å². The second kappa shape index (κ2) is 8.49. The number of methoxy groups -OCH3 is 1. The number of rotatable bonds is 5. The minimum absolute atomic E-state index is 0.0444. The Hall–Kier alpha value is -3.02. The summed E-state index contributed by atoms with van der Waals surface area (Å²) < 4.78 is 18.9. The van der Waals surface area contributed by atoms with Crippen molar-refractivity contribution in [1.82, 2.24) is 9.97 Å². The van der Waals surface area contributed by atoms with E-state index in [1.165, 1.54) is 11.6 Å². The summed E-state index contributed by atoms with van der Waals surface area (Å²) >= 11 is 0. The molecule has 2 aromatic heterocycles. The van der Waals surface area contributed by atoms with Gasteiger partial charge in [-0.25, -0.2) is 9.37 Å². The number of hydrogen-bond acceptors (Lipinski definition) is 4. The number of pyridine rings is 2. The number of carbonyl (C=O) groups excluding carboxylic acids is 1. The van der Waals surface area contributed by atoms with E-state index in [1.807, 2.05) is 19.2 Å². The lowest BCUT2D eigenvalue weighted by atomic mass is 9.86. The van der Waals surface area contributed by atoms with Gasteiger partial charge in [-0.15, -0.1) is 0 Å². The van der Waals surface area contributed by atoms with Crippen molar-refractivity contribution in [3.8, 4) is 5.88 Å². The average Bonchev–Trinajstić information content (AvgIpc) is 3.38. The van der Waals surface area contributed by atoms with Crippen molar-refractivity contribution < 1.29 is 13.9 Å². The molecule has 0 unspecified atom stereocenters. The van der Waals surface area contributed by atoms with Crippen molar-refractivity contribution in [3.63, 3.8) is 0 Å². The predicted molar refractivity (Wildman–Crippen MR) is 122 cm³/mol. The Bertz CT molecular complexity index is 1120. The zero-order valence-electron chi connectivity index (χ0n) is 18.4. The van der Waals surface area contributed by atoms with Crippen LogP contribution in [0.5, 0.6) is 5.88 Å². The van der Waals surface area contributed by atoms with Crippen molar-refractivity contribution in [2.75, 3.05) is 12.4 Å². The first-order valence-electron chi connectivity index (χ1n) is 11.4. The second-order valence-electron chi connectivity index (χ2n) is 9.35. The summed E-state index contributed by atoms with van der Waals surface area (Å²) in [6, 6.07) is 10.5. The van der Waals surface area contributed by atoms with E-state index in [9.17, 15) is 9.18 Å². The Labute approximate surface area is 187 Å². The molecule has 0 bridgehead atoms. The smallest absolute Gasteiger partial charge is 0.227 e. The molecule has 6 heteroatoms. The molecule has 5 atom stereocenters.